The van der Waals surface area contributed by atoms with Gasteiger partial charge in [0, 0.05) is 17.3 Å². The normalized spacial score (nSPS) is 11.3. The molecule has 3 aromatic rings. The number of aromatic nitrogens is 2. The number of halogens is 1. The van der Waals surface area contributed by atoms with E-state index in [9.17, 15) is 13.2 Å². The van der Waals surface area contributed by atoms with Crippen LogP contribution >= 0.6 is 11.6 Å². The Labute approximate surface area is 180 Å². The molecule has 1 amide bonds. The van der Waals surface area contributed by atoms with Gasteiger partial charge in [-0.05, 0) is 42.8 Å². The smallest absolute Gasteiger partial charge is 0.259 e. The molecule has 0 saturated carbocycles. The molecule has 0 aliphatic rings. The lowest BCUT2D eigenvalue weighted by atomic mass is 10.2. The number of benzene rings is 2. The van der Waals surface area contributed by atoms with Crippen LogP contribution in [0.3, 0.4) is 0 Å². The Bertz CT molecular complexity index is 1170. The largest absolute Gasteiger partial charge is 0.322 e. The zero-order valence-electron chi connectivity index (χ0n) is 16.3. The molecule has 2 aromatic carbocycles. The molecule has 0 saturated heterocycles. The summed E-state index contributed by atoms with van der Waals surface area (Å²) in [6, 6.07) is 13.8. The van der Waals surface area contributed by atoms with Crippen molar-refractivity contribution in [3.05, 3.63) is 89.2 Å². The molecular formula is C21H21ClN4O3S. The Hall–Kier alpha value is -2.94. The topological polar surface area (TPSA) is 93.1 Å². The summed E-state index contributed by atoms with van der Waals surface area (Å²) in [6.45, 7) is 5.46. The number of carbonyl (C=O) groups is 1. The summed E-state index contributed by atoms with van der Waals surface area (Å²) >= 11 is 6.04. The first-order chi connectivity index (χ1) is 14.3. The van der Waals surface area contributed by atoms with Gasteiger partial charge in [-0.2, -0.15) is 5.10 Å². The van der Waals surface area contributed by atoms with Crippen LogP contribution in [0, 0.1) is 6.92 Å². The van der Waals surface area contributed by atoms with Crippen molar-refractivity contribution < 1.29 is 13.2 Å². The zero-order chi connectivity index (χ0) is 21.7. The summed E-state index contributed by atoms with van der Waals surface area (Å²) in [5.41, 5.74) is 3.01. The second-order valence-corrected chi connectivity index (χ2v) is 8.83. The van der Waals surface area contributed by atoms with Crippen molar-refractivity contribution in [2.24, 2.45) is 0 Å². The third kappa shape index (κ3) is 5.35. The van der Waals surface area contributed by atoms with E-state index in [1.54, 1.807) is 48.0 Å². The number of hydrogen-bond acceptors (Lipinski definition) is 4. The van der Waals surface area contributed by atoms with Crippen molar-refractivity contribution >= 4 is 33.2 Å². The predicted molar refractivity (Wildman–Crippen MR) is 119 cm³/mol. The highest BCUT2D eigenvalue weighted by atomic mass is 35.5. The molecule has 0 radical (unpaired) electrons. The minimum Gasteiger partial charge on any atom is -0.322 e. The lowest BCUT2D eigenvalue weighted by Gasteiger charge is -2.08. The number of sulfonamides is 1. The average Bonchev–Trinajstić information content (AvgIpc) is 3.09. The zero-order valence-corrected chi connectivity index (χ0v) is 17.9. The van der Waals surface area contributed by atoms with E-state index in [-0.39, 0.29) is 18.2 Å². The van der Waals surface area contributed by atoms with Gasteiger partial charge in [0.05, 0.1) is 28.9 Å². The Balaban J connectivity index is 1.70. The molecule has 0 bridgehead atoms. The Morgan fingerprint density at radius 2 is 1.97 bits per heavy atom. The van der Waals surface area contributed by atoms with E-state index in [0.717, 1.165) is 5.69 Å². The first-order valence-electron chi connectivity index (χ1n) is 9.08. The number of nitrogens with zero attached hydrogens (tertiary/aromatic N) is 2. The fourth-order valence-corrected chi connectivity index (χ4v) is 4.13. The van der Waals surface area contributed by atoms with Crippen LogP contribution in [0.1, 0.15) is 21.6 Å². The number of hydrogen-bond donors (Lipinski definition) is 2. The molecule has 0 atom stereocenters. The van der Waals surface area contributed by atoms with Crippen molar-refractivity contribution in [3.63, 3.8) is 0 Å². The number of carbonyl (C=O) groups excluding carboxylic acids is 1. The predicted octanol–water partition coefficient (Wildman–Crippen LogP) is 3.69. The summed E-state index contributed by atoms with van der Waals surface area (Å²) in [5.74, 6) is -0.463. The van der Waals surface area contributed by atoms with E-state index in [1.807, 2.05) is 12.1 Å². The van der Waals surface area contributed by atoms with Crippen LogP contribution in [0.4, 0.5) is 5.69 Å². The van der Waals surface area contributed by atoms with E-state index in [0.29, 0.717) is 27.5 Å². The van der Waals surface area contributed by atoms with E-state index in [1.165, 1.54) is 12.3 Å². The first kappa shape index (κ1) is 21.8. The molecule has 1 heterocycles. The molecular weight excluding hydrogens is 424 g/mol. The summed E-state index contributed by atoms with van der Waals surface area (Å²) in [5, 5.41) is 7.67. The molecule has 0 aliphatic heterocycles. The Morgan fingerprint density at radius 1 is 1.23 bits per heavy atom. The second kappa shape index (κ2) is 9.25. The molecule has 0 spiro atoms. The van der Waals surface area contributed by atoms with Crippen molar-refractivity contribution in [3.8, 4) is 5.69 Å². The highest BCUT2D eigenvalue weighted by molar-refractivity contribution is 7.88. The van der Waals surface area contributed by atoms with Gasteiger partial charge in [0.25, 0.3) is 5.91 Å². The van der Waals surface area contributed by atoms with Crippen LogP contribution in [0.5, 0.6) is 0 Å². The lowest BCUT2D eigenvalue weighted by molar-refractivity contribution is 0.102. The van der Waals surface area contributed by atoms with E-state index in [4.69, 9.17) is 11.6 Å². The maximum Gasteiger partial charge on any atom is 0.259 e. The summed E-state index contributed by atoms with van der Waals surface area (Å²) in [4.78, 5) is 12.7. The molecule has 1 aromatic heterocycles. The van der Waals surface area contributed by atoms with Crippen LogP contribution in [0.2, 0.25) is 5.02 Å². The Kier molecular flexibility index (Phi) is 6.71. The van der Waals surface area contributed by atoms with Crippen LogP contribution in [0.25, 0.3) is 5.69 Å². The highest BCUT2D eigenvalue weighted by Crippen LogP contribution is 2.19. The highest BCUT2D eigenvalue weighted by Gasteiger charge is 2.16. The molecule has 2 N–H and O–H groups in total. The van der Waals surface area contributed by atoms with Crippen LogP contribution < -0.4 is 10.0 Å². The quantitative estimate of drug-likeness (QED) is 0.518. The van der Waals surface area contributed by atoms with Crippen molar-refractivity contribution in [1.29, 1.82) is 0 Å². The van der Waals surface area contributed by atoms with E-state index >= 15 is 0 Å². The van der Waals surface area contributed by atoms with Gasteiger partial charge in [-0.25, -0.2) is 17.8 Å². The Morgan fingerprint density at radius 3 is 2.63 bits per heavy atom. The maximum atomic E-state index is 12.7. The molecule has 30 heavy (non-hydrogen) atoms. The van der Waals surface area contributed by atoms with Gasteiger partial charge in [-0.3, -0.25) is 4.79 Å². The van der Waals surface area contributed by atoms with Gasteiger partial charge in [-0.15, -0.1) is 6.58 Å². The molecule has 0 aliphatic carbocycles. The van der Waals surface area contributed by atoms with E-state index < -0.39 is 10.0 Å². The molecule has 7 nitrogen and oxygen atoms in total. The number of anilines is 1. The summed E-state index contributed by atoms with van der Waals surface area (Å²) in [6.07, 6.45) is 2.98. The molecule has 3 rings (SSSR count). The fourth-order valence-electron chi connectivity index (χ4n) is 2.84. The van der Waals surface area contributed by atoms with Gasteiger partial charge in [-0.1, -0.05) is 35.9 Å². The van der Waals surface area contributed by atoms with Gasteiger partial charge in [0.2, 0.25) is 10.0 Å². The van der Waals surface area contributed by atoms with Crippen molar-refractivity contribution in [1.82, 2.24) is 14.5 Å². The standard InChI is InChI=1S/C21H21ClN4O3S/c1-3-11-24-30(28,29)14-16-7-9-18(10-8-16)25-21(27)20-13-23-26(15(20)2)19-6-4-5-17(22)12-19/h3-10,12-13,24H,1,11,14H2,2H3,(H,25,27). The number of rotatable bonds is 8. The van der Waals surface area contributed by atoms with Crippen LogP contribution in [-0.2, 0) is 15.8 Å². The average molecular weight is 445 g/mol. The van der Waals surface area contributed by atoms with Gasteiger partial charge in [0.15, 0.2) is 0 Å². The SMILES string of the molecule is C=CCNS(=O)(=O)Cc1ccc(NC(=O)c2cnn(-c3cccc(Cl)c3)c2C)cc1. The summed E-state index contributed by atoms with van der Waals surface area (Å²) in [7, 11) is -3.44. The van der Waals surface area contributed by atoms with Gasteiger partial charge >= 0.3 is 0 Å². The molecule has 0 fully saturated rings. The minimum atomic E-state index is -3.44. The van der Waals surface area contributed by atoms with Crippen molar-refractivity contribution in [2.45, 2.75) is 12.7 Å². The summed E-state index contributed by atoms with van der Waals surface area (Å²) < 4.78 is 27.9. The minimum absolute atomic E-state index is 0.152. The molecule has 0 unspecified atom stereocenters. The number of nitrogens with one attached hydrogen (secondary N) is 2. The van der Waals surface area contributed by atoms with Crippen LogP contribution in [-0.4, -0.2) is 30.7 Å². The maximum absolute atomic E-state index is 12.7. The third-order valence-electron chi connectivity index (χ3n) is 4.32. The monoisotopic (exact) mass is 444 g/mol. The van der Waals surface area contributed by atoms with Crippen LogP contribution in [0.15, 0.2) is 67.4 Å². The van der Waals surface area contributed by atoms with E-state index in [2.05, 4.69) is 21.7 Å². The number of amides is 1. The van der Waals surface area contributed by atoms with Gasteiger partial charge in [0.1, 0.15) is 0 Å². The first-order valence-corrected chi connectivity index (χ1v) is 11.1. The van der Waals surface area contributed by atoms with Gasteiger partial charge < -0.3 is 5.32 Å². The second-order valence-electron chi connectivity index (χ2n) is 6.58. The molecule has 156 valence electrons. The lowest BCUT2D eigenvalue weighted by Crippen LogP contribution is -2.25. The van der Waals surface area contributed by atoms with Crippen molar-refractivity contribution in [2.75, 3.05) is 11.9 Å². The third-order valence-corrected chi connectivity index (χ3v) is 5.88. The fraction of sp³-hybridized carbons (Fsp3) is 0.143. The molecule has 9 heteroatoms.